The fourth-order valence-corrected chi connectivity index (χ4v) is 3.64. The summed E-state index contributed by atoms with van der Waals surface area (Å²) in [6.07, 6.45) is 6.55. The van der Waals surface area contributed by atoms with Crippen molar-refractivity contribution in [1.82, 2.24) is 19.9 Å². The van der Waals surface area contributed by atoms with Gasteiger partial charge in [-0.25, -0.2) is 9.97 Å². The van der Waals surface area contributed by atoms with E-state index >= 15 is 0 Å². The third kappa shape index (κ3) is 4.04. The predicted molar refractivity (Wildman–Crippen MR) is 90.0 cm³/mol. The van der Waals surface area contributed by atoms with Crippen molar-refractivity contribution < 1.29 is 4.79 Å². The van der Waals surface area contributed by atoms with Gasteiger partial charge in [-0.05, 0) is 32.1 Å². The van der Waals surface area contributed by atoms with Crippen LogP contribution in [0.25, 0.3) is 0 Å². The van der Waals surface area contributed by atoms with Crippen LogP contribution in [-0.4, -0.2) is 38.8 Å². The number of aromatic nitrogens is 3. The van der Waals surface area contributed by atoms with E-state index in [-0.39, 0.29) is 5.91 Å². The van der Waals surface area contributed by atoms with Crippen LogP contribution in [0.1, 0.15) is 29.2 Å². The van der Waals surface area contributed by atoms with Gasteiger partial charge in [0.2, 0.25) is 5.91 Å². The number of thiazole rings is 1. The van der Waals surface area contributed by atoms with Crippen molar-refractivity contribution in [3.63, 3.8) is 0 Å². The van der Waals surface area contributed by atoms with Gasteiger partial charge in [0.25, 0.3) is 0 Å². The molecular weight excluding hydrogens is 310 g/mol. The second-order valence-corrected chi connectivity index (χ2v) is 7.04. The van der Waals surface area contributed by atoms with Crippen molar-refractivity contribution in [2.24, 2.45) is 5.92 Å². The molecule has 2 N–H and O–H groups in total. The third-order valence-electron chi connectivity index (χ3n) is 4.16. The molecule has 7 heteroatoms. The molecule has 0 aliphatic carbocycles. The standard InChI is InChI=1S/C16H21N5OS/c1-11-20-13(10-23-11)8-15(22)21-6-2-3-12(9-21)7-14-16(17)19-5-4-18-14/h4-5,10,12H,2-3,6-9H2,1H3,(H2,17,19). The van der Waals surface area contributed by atoms with E-state index in [0.717, 1.165) is 48.7 Å². The first-order valence-corrected chi connectivity index (χ1v) is 8.74. The Bertz CT molecular complexity index is 687. The van der Waals surface area contributed by atoms with Gasteiger partial charge in [-0.2, -0.15) is 0 Å². The normalized spacial score (nSPS) is 18.1. The smallest absolute Gasteiger partial charge is 0.228 e. The molecule has 0 aromatic carbocycles. The zero-order valence-electron chi connectivity index (χ0n) is 13.2. The topological polar surface area (TPSA) is 85.0 Å². The molecule has 122 valence electrons. The van der Waals surface area contributed by atoms with Gasteiger partial charge in [0.1, 0.15) is 5.82 Å². The Labute approximate surface area is 139 Å². The third-order valence-corrected chi connectivity index (χ3v) is 4.98. The van der Waals surface area contributed by atoms with Crippen LogP contribution in [-0.2, 0) is 17.6 Å². The van der Waals surface area contributed by atoms with Crippen LogP contribution < -0.4 is 5.73 Å². The Morgan fingerprint density at radius 1 is 1.43 bits per heavy atom. The van der Waals surface area contributed by atoms with Crippen LogP contribution in [0, 0.1) is 12.8 Å². The van der Waals surface area contributed by atoms with Crippen LogP contribution in [0.4, 0.5) is 5.82 Å². The van der Waals surface area contributed by atoms with Gasteiger partial charge in [0.05, 0.1) is 22.8 Å². The molecule has 6 nitrogen and oxygen atoms in total. The summed E-state index contributed by atoms with van der Waals surface area (Å²) < 4.78 is 0. The number of likely N-dealkylation sites (tertiary alicyclic amines) is 1. The molecule has 2 aromatic rings. The molecule has 2 aromatic heterocycles. The highest BCUT2D eigenvalue weighted by molar-refractivity contribution is 7.09. The summed E-state index contributed by atoms with van der Waals surface area (Å²) in [5, 5.41) is 2.97. The van der Waals surface area contributed by atoms with E-state index in [4.69, 9.17) is 5.73 Å². The molecule has 0 radical (unpaired) electrons. The van der Waals surface area contributed by atoms with Crippen molar-refractivity contribution >= 4 is 23.1 Å². The molecule has 3 rings (SSSR count). The van der Waals surface area contributed by atoms with Crippen molar-refractivity contribution in [3.8, 4) is 0 Å². The van der Waals surface area contributed by atoms with Crippen molar-refractivity contribution in [1.29, 1.82) is 0 Å². The van der Waals surface area contributed by atoms with E-state index in [1.165, 1.54) is 0 Å². The minimum absolute atomic E-state index is 0.159. The summed E-state index contributed by atoms with van der Waals surface area (Å²) in [6, 6.07) is 0. The first kappa shape index (κ1) is 15.9. The summed E-state index contributed by atoms with van der Waals surface area (Å²) in [5.74, 6) is 1.05. The lowest BCUT2D eigenvalue weighted by Gasteiger charge is -2.32. The lowest BCUT2D eigenvalue weighted by atomic mass is 9.93. The molecular formula is C16H21N5OS. The van der Waals surface area contributed by atoms with E-state index in [2.05, 4.69) is 15.0 Å². The number of anilines is 1. The van der Waals surface area contributed by atoms with Gasteiger partial charge in [-0.15, -0.1) is 11.3 Å². The first-order valence-electron chi connectivity index (χ1n) is 7.86. The van der Waals surface area contributed by atoms with Crippen LogP contribution in [0.2, 0.25) is 0 Å². The molecule has 1 unspecified atom stereocenters. The molecule has 0 spiro atoms. The fourth-order valence-electron chi connectivity index (χ4n) is 3.02. The second kappa shape index (κ2) is 7.04. The predicted octanol–water partition coefficient (Wildman–Crippen LogP) is 1.85. The average Bonchev–Trinajstić information content (AvgIpc) is 2.95. The summed E-state index contributed by atoms with van der Waals surface area (Å²) in [7, 11) is 0. The van der Waals surface area contributed by atoms with Crippen LogP contribution in [0.3, 0.4) is 0 Å². The quantitative estimate of drug-likeness (QED) is 0.924. The highest BCUT2D eigenvalue weighted by Crippen LogP contribution is 2.22. The number of carbonyl (C=O) groups excluding carboxylic acids is 1. The van der Waals surface area contributed by atoms with E-state index in [9.17, 15) is 4.79 Å². The highest BCUT2D eigenvalue weighted by Gasteiger charge is 2.25. The number of nitrogen functional groups attached to an aromatic ring is 1. The fraction of sp³-hybridized carbons (Fsp3) is 0.500. The maximum atomic E-state index is 12.5. The van der Waals surface area contributed by atoms with E-state index in [1.54, 1.807) is 23.7 Å². The number of nitrogens with zero attached hydrogens (tertiary/aromatic N) is 4. The Kier molecular flexibility index (Phi) is 4.85. The summed E-state index contributed by atoms with van der Waals surface area (Å²) >= 11 is 1.59. The molecule has 1 amide bonds. The maximum absolute atomic E-state index is 12.5. The number of carbonyl (C=O) groups is 1. The SMILES string of the molecule is Cc1nc(CC(=O)N2CCCC(Cc3nccnc3N)C2)cs1. The van der Waals surface area contributed by atoms with E-state index in [1.807, 2.05) is 17.2 Å². The van der Waals surface area contributed by atoms with E-state index < -0.39 is 0 Å². The van der Waals surface area contributed by atoms with Crippen molar-refractivity contribution in [3.05, 3.63) is 34.2 Å². The Morgan fingerprint density at radius 3 is 3.00 bits per heavy atom. The number of nitrogens with two attached hydrogens (primary N) is 1. The molecule has 23 heavy (non-hydrogen) atoms. The van der Waals surface area contributed by atoms with Gasteiger partial charge < -0.3 is 10.6 Å². The highest BCUT2D eigenvalue weighted by atomic mass is 32.1. The zero-order chi connectivity index (χ0) is 16.2. The molecule has 1 saturated heterocycles. The number of hydrogen-bond acceptors (Lipinski definition) is 6. The lowest BCUT2D eigenvalue weighted by Crippen LogP contribution is -2.41. The molecule has 0 saturated carbocycles. The molecule has 0 bridgehead atoms. The second-order valence-electron chi connectivity index (χ2n) is 5.98. The molecule has 3 heterocycles. The Hall–Kier alpha value is -2.02. The number of rotatable bonds is 4. The van der Waals surface area contributed by atoms with Crippen LogP contribution in [0.5, 0.6) is 0 Å². The van der Waals surface area contributed by atoms with Crippen LogP contribution >= 0.6 is 11.3 Å². The zero-order valence-corrected chi connectivity index (χ0v) is 14.1. The van der Waals surface area contributed by atoms with Gasteiger partial charge in [0, 0.05) is 30.9 Å². The average molecular weight is 331 g/mol. The van der Waals surface area contributed by atoms with Gasteiger partial charge in [-0.1, -0.05) is 0 Å². The largest absolute Gasteiger partial charge is 0.382 e. The van der Waals surface area contributed by atoms with Gasteiger partial charge >= 0.3 is 0 Å². The number of amides is 1. The molecule has 1 aliphatic heterocycles. The minimum Gasteiger partial charge on any atom is -0.382 e. The summed E-state index contributed by atoms with van der Waals surface area (Å²) in [5.41, 5.74) is 7.58. The minimum atomic E-state index is 0.159. The molecule has 1 fully saturated rings. The number of aryl methyl sites for hydroxylation is 1. The van der Waals surface area contributed by atoms with Crippen LogP contribution in [0.15, 0.2) is 17.8 Å². The maximum Gasteiger partial charge on any atom is 0.228 e. The number of piperidine rings is 1. The number of hydrogen-bond donors (Lipinski definition) is 1. The summed E-state index contributed by atoms with van der Waals surface area (Å²) in [6.45, 7) is 3.55. The van der Waals surface area contributed by atoms with Gasteiger partial charge in [0.15, 0.2) is 0 Å². The lowest BCUT2D eigenvalue weighted by molar-refractivity contribution is -0.132. The first-order chi connectivity index (χ1) is 11.1. The monoisotopic (exact) mass is 331 g/mol. The summed E-state index contributed by atoms with van der Waals surface area (Å²) in [4.78, 5) is 27.2. The van der Waals surface area contributed by atoms with Crippen molar-refractivity contribution in [2.45, 2.75) is 32.6 Å². The van der Waals surface area contributed by atoms with Crippen molar-refractivity contribution in [2.75, 3.05) is 18.8 Å². The van der Waals surface area contributed by atoms with E-state index in [0.29, 0.717) is 18.2 Å². The Balaban J connectivity index is 1.59. The molecule has 1 aliphatic rings. The molecule has 1 atom stereocenters. The Morgan fingerprint density at radius 2 is 2.26 bits per heavy atom. The van der Waals surface area contributed by atoms with Gasteiger partial charge in [-0.3, -0.25) is 9.78 Å².